The predicted molar refractivity (Wildman–Crippen MR) is 398 cm³/mol. The molecule has 592 valence electrons. The maximum atomic E-state index is 14.3. The van der Waals surface area contributed by atoms with E-state index in [1.54, 1.807) is 21.8 Å². The van der Waals surface area contributed by atoms with Crippen LogP contribution in [0.25, 0.3) is 21.5 Å². The standard InChI is InChI=1S/C75H107N13O20/c1-108-55-28-24-50(25-29-55)12-10-20-63(89)79-46-65(91)81-59(17-6-8-30-76-32-33-85-34-36-86(47-67(94)95)38-40-88(49-69(98)99)41-39-87(37-35-85)48-68(96)97)71(101)80-45-64(90)78-44-51-22-26-52(27-23-51)70(100)82-62(43-58-56-15-4-2-13-53(56)42-54-14-3-5-16-57(54)58)72(102)77-31-9-7-18-60(73(103)104)83-75(107)84-61(74(105)106)19-11-21-66(92)93/h2-5,13-16,24-25,28-29,42,51-52,59-62,76H,6-12,17-23,26-27,30-41,43-49H2,1H3,(H,77,102)(H,78,90)(H,79,89)(H,80,101)(H,81,91)(H,82,100)(H,92,93)(H,94,95)(H,96,97)(H,98,99)(H,103,104)(H,105,106)(H2,83,84,107)/t51?,52?,59-,60-,61-,62-/m0/s1. The van der Waals surface area contributed by atoms with Crippen molar-refractivity contribution in [1.82, 2.24) is 67.5 Å². The molecule has 108 heavy (non-hydrogen) atoms. The highest BCUT2D eigenvalue weighted by Gasteiger charge is 2.32. The molecule has 33 nitrogen and oxygen atoms in total. The van der Waals surface area contributed by atoms with Crippen LogP contribution in [-0.2, 0) is 70.4 Å². The molecule has 0 radical (unpaired) electrons. The summed E-state index contributed by atoms with van der Waals surface area (Å²) in [5, 5.41) is 85.5. The van der Waals surface area contributed by atoms with Crippen molar-refractivity contribution in [3.8, 4) is 5.75 Å². The number of nitrogens with zero attached hydrogens (tertiary/aromatic N) is 4. The summed E-state index contributed by atoms with van der Waals surface area (Å²) < 4.78 is 5.22. The van der Waals surface area contributed by atoms with Crippen LogP contribution in [0.5, 0.6) is 5.75 Å². The molecule has 2 fully saturated rings. The first kappa shape index (κ1) is 86.8. The van der Waals surface area contributed by atoms with Crippen molar-refractivity contribution in [3.63, 3.8) is 0 Å². The van der Waals surface area contributed by atoms with Gasteiger partial charge >= 0.3 is 41.8 Å². The molecule has 0 aromatic heterocycles. The van der Waals surface area contributed by atoms with Gasteiger partial charge in [-0.05, 0) is 153 Å². The van der Waals surface area contributed by atoms with E-state index >= 15 is 0 Å². The average molecular weight is 1510 g/mol. The molecule has 4 aromatic rings. The van der Waals surface area contributed by atoms with E-state index in [1.807, 2.05) is 72.8 Å². The number of methoxy groups -OCH3 is 1. The van der Waals surface area contributed by atoms with Gasteiger partial charge in [-0.15, -0.1) is 0 Å². The zero-order valence-corrected chi connectivity index (χ0v) is 61.4. The van der Waals surface area contributed by atoms with Gasteiger partial charge in [0, 0.05) is 104 Å². The van der Waals surface area contributed by atoms with E-state index in [9.17, 15) is 87.9 Å². The van der Waals surface area contributed by atoms with Crippen LogP contribution in [0.2, 0.25) is 0 Å². The number of aliphatic carboxylic acids is 6. The average Bonchev–Trinajstić information content (AvgIpc) is 0.773. The molecule has 2 aliphatic rings. The number of fused-ring (bicyclic) bond motifs is 2. The lowest BCUT2D eigenvalue weighted by atomic mass is 9.81. The topological polar surface area (TPSA) is 474 Å². The summed E-state index contributed by atoms with van der Waals surface area (Å²) in [6.45, 7) is 3.11. The molecule has 8 amide bonds. The Labute approximate surface area is 627 Å². The summed E-state index contributed by atoms with van der Waals surface area (Å²) in [5.41, 5.74) is 1.85. The molecule has 4 atom stereocenters. The Morgan fingerprint density at radius 3 is 1.51 bits per heavy atom. The number of nitrogens with one attached hydrogen (secondary N) is 9. The molecule has 1 saturated heterocycles. The second kappa shape index (κ2) is 46.9. The Morgan fingerprint density at radius 1 is 0.463 bits per heavy atom. The number of benzene rings is 4. The molecule has 33 heteroatoms. The molecule has 0 bridgehead atoms. The molecule has 4 aromatic carbocycles. The Hall–Kier alpha value is -10.1. The highest BCUT2D eigenvalue weighted by Crippen LogP contribution is 2.32. The number of ether oxygens (including phenoxy) is 1. The number of aryl methyl sites for hydroxylation is 1. The van der Waals surface area contributed by atoms with Gasteiger partial charge in [0.15, 0.2) is 0 Å². The number of rotatable bonds is 45. The Bertz CT molecular complexity index is 3570. The van der Waals surface area contributed by atoms with E-state index in [0.29, 0.717) is 116 Å². The van der Waals surface area contributed by atoms with Crippen LogP contribution in [0.3, 0.4) is 0 Å². The van der Waals surface area contributed by atoms with E-state index in [1.165, 1.54) is 0 Å². The van der Waals surface area contributed by atoms with Crippen LogP contribution in [0.1, 0.15) is 107 Å². The number of hydrogen-bond donors (Lipinski definition) is 15. The lowest BCUT2D eigenvalue weighted by Gasteiger charge is -2.33. The van der Waals surface area contributed by atoms with Crippen molar-refractivity contribution >= 4 is 98.8 Å². The number of carboxylic acid groups (broad SMARTS) is 6. The molecular formula is C75H107N13O20. The largest absolute Gasteiger partial charge is 0.497 e. The third-order valence-electron chi connectivity index (χ3n) is 19.3. The van der Waals surface area contributed by atoms with Crippen LogP contribution in [0.4, 0.5) is 4.79 Å². The first-order chi connectivity index (χ1) is 51.8. The van der Waals surface area contributed by atoms with Crippen LogP contribution < -0.4 is 52.6 Å². The van der Waals surface area contributed by atoms with Gasteiger partial charge in [0.25, 0.3) is 0 Å². The third-order valence-corrected chi connectivity index (χ3v) is 19.3. The molecule has 15 N–H and O–H groups in total. The summed E-state index contributed by atoms with van der Waals surface area (Å²) in [4.78, 5) is 172. The summed E-state index contributed by atoms with van der Waals surface area (Å²) >= 11 is 0. The highest BCUT2D eigenvalue weighted by molar-refractivity contribution is 6.03. The maximum absolute atomic E-state index is 14.3. The van der Waals surface area contributed by atoms with E-state index in [4.69, 9.17) is 9.84 Å². The van der Waals surface area contributed by atoms with Gasteiger partial charge < -0.3 is 83.2 Å². The summed E-state index contributed by atoms with van der Waals surface area (Å²) in [7, 11) is 1.57. The normalized spacial score (nSPS) is 16.7. The minimum absolute atomic E-state index is 0.0313. The predicted octanol–water partition coefficient (Wildman–Crippen LogP) is 1.67. The van der Waals surface area contributed by atoms with Crippen molar-refractivity contribution in [2.75, 3.05) is 125 Å². The molecule has 1 saturated carbocycles. The first-order valence-corrected chi connectivity index (χ1v) is 37.0. The second-order valence-electron chi connectivity index (χ2n) is 27.5. The minimum Gasteiger partial charge on any atom is -0.497 e. The minimum atomic E-state index is -1.45. The fourth-order valence-corrected chi connectivity index (χ4v) is 13.2. The molecule has 6 rings (SSSR count). The van der Waals surface area contributed by atoms with E-state index in [2.05, 4.69) is 58.8 Å². The highest BCUT2D eigenvalue weighted by atomic mass is 16.5. The summed E-state index contributed by atoms with van der Waals surface area (Å²) in [5.74, 6) is -9.71. The van der Waals surface area contributed by atoms with Gasteiger partial charge in [0.2, 0.25) is 35.4 Å². The van der Waals surface area contributed by atoms with Crippen molar-refractivity contribution < 1.29 is 97.7 Å². The molecule has 1 aliphatic heterocycles. The van der Waals surface area contributed by atoms with Gasteiger partial charge in [-0.1, -0.05) is 60.7 Å². The quantitative estimate of drug-likeness (QED) is 0.0221. The van der Waals surface area contributed by atoms with Crippen LogP contribution in [-0.4, -0.2) is 277 Å². The zero-order valence-electron chi connectivity index (χ0n) is 61.4. The SMILES string of the molecule is COc1ccc(CCCC(=O)NCC(=O)N[C@@H](CCCCNCCN2CCN(CC(=O)O)CCN(CC(=O)O)CCN(CC(=O)O)CC2)C(=O)NCC(=O)NCC2CCC(C(=O)N[C@@H](Cc3c4ccccc4cc4ccccc34)C(=O)NCCCC[C@H](NC(=O)N[C@@H](CCCC(=O)O)C(=O)O)C(=O)O)CC2)cc1. The van der Waals surface area contributed by atoms with Crippen LogP contribution in [0, 0.1) is 11.8 Å². The molecule has 0 spiro atoms. The monoisotopic (exact) mass is 1510 g/mol. The molecule has 0 unspecified atom stereocenters. The van der Waals surface area contributed by atoms with Crippen molar-refractivity contribution in [2.24, 2.45) is 11.8 Å². The van der Waals surface area contributed by atoms with Gasteiger partial charge in [0.05, 0.1) is 39.8 Å². The Morgan fingerprint density at radius 2 is 0.972 bits per heavy atom. The molecule has 1 aliphatic carbocycles. The fourth-order valence-electron chi connectivity index (χ4n) is 13.2. The fraction of sp³-hybridized carbons (Fsp3) is 0.560. The molecule has 1 heterocycles. The number of carbonyl (C=O) groups excluding carboxylic acids is 7. The van der Waals surface area contributed by atoms with Gasteiger partial charge in [0.1, 0.15) is 29.9 Å². The van der Waals surface area contributed by atoms with Crippen molar-refractivity contribution in [1.29, 1.82) is 0 Å². The Kier molecular flexibility index (Phi) is 37.7. The third kappa shape index (κ3) is 32.6. The Balaban J connectivity index is 1.00. The first-order valence-electron chi connectivity index (χ1n) is 37.0. The van der Waals surface area contributed by atoms with Gasteiger partial charge in [-0.2, -0.15) is 0 Å². The van der Waals surface area contributed by atoms with E-state index in [0.717, 1.165) is 32.7 Å². The second-order valence-corrected chi connectivity index (χ2v) is 27.5. The summed E-state index contributed by atoms with van der Waals surface area (Å²) in [6.07, 6.45) is 4.41. The number of carboxylic acids is 6. The number of amides is 8. The number of unbranched alkanes of at least 4 members (excludes halogenated alkanes) is 2. The number of hydrogen-bond acceptors (Lipinski definition) is 19. The summed E-state index contributed by atoms with van der Waals surface area (Å²) in [6, 6.07) is 18.9. The van der Waals surface area contributed by atoms with Crippen molar-refractivity contribution in [3.05, 3.63) is 90.0 Å². The number of carbonyl (C=O) groups is 13. The zero-order chi connectivity index (χ0) is 78.3. The van der Waals surface area contributed by atoms with Gasteiger partial charge in [-0.25, -0.2) is 14.4 Å². The van der Waals surface area contributed by atoms with Crippen molar-refractivity contribution in [2.45, 2.75) is 133 Å². The molecular weight excluding hydrogens is 1400 g/mol. The maximum Gasteiger partial charge on any atom is 0.326 e. The lowest BCUT2D eigenvalue weighted by Crippen LogP contribution is -2.51. The van der Waals surface area contributed by atoms with E-state index < -0.39 is 109 Å². The van der Waals surface area contributed by atoms with Crippen LogP contribution >= 0.6 is 0 Å². The van der Waals surface area contributed by atoms with Crippen LogP contribution in [0.15, 0.2) is 78.9 Å². The van der Waals surface area contributed by atoms with Gasteiger partial charge in [-0.3, -0.25) is 67.5 Å². The lowest BCUT2D eigenvalue weighted by molar-refractivity contribution is -0.141. The van der Waals surface area contributed by atoms with E-state index in [-0.39, 0.29) is 121 Å². The smallest absolute Gasteiger partial charge is 0.326 e. The number of urea groups is 1.